The highest BCUT2D eigenvalue weighted by Gasteiger charge is 2.59. The van der Waals surface area contributed by atoms with Crippen LogP contribution in [0, 0.1) is 11.8 Å². The third kappa shape index (κ3) is 5.50. The van der Waals surface area contributed by atoms with Crippen molar-refractivity contribution in [2.24, 2.45) is 17.6 Å². The van der Waals surface area contributed by atoms with Gasteiger partial charge in [-0.3, -0.25) is 28.8 Å². The van der Waals surface area contributed by atoms with E-state index in [-0.39, 0.29) is 59.9 Å². The summed E-state index contributed by atoms with van der Waals surface area (Å²) in [6.45, 7) is 4.06. The van der Waals surface area contributed by atoms with Crippen LogP contribution in [-0.4, -0.2) is 110 Å². The van der Waals surface area contributed by atoms with E-state index in [1.807, 2.05) is 37.3 Å². The van der Waals surface area contributed by atoms with E-state index >= 15 is 0 Å². The van der Waals surface area contributed by atoms with Gasteiger partial charge in [0.25, 0.3) is 5.91 Å². The average Bonchev–Trinajstić information content (AvgIpc) is 3.88. The van der Waals surface area contributed by atoms with E-state index < -0.39 is 35.6 Å². The number of nitrogens with one attached hydrogen (secondary N) is 1. The smallest absolute Gasteiger partial charge is 0.253 e. The van der Waals surface area contributed by atoms with Crippen LogP contribution in [0.25, 0.3) is 0 Å². The number of halogens is 1. The van der Waals surface area contributed by atoms with Gasteiger partial charge < -0.3 is 30.7 Å². The van der Waals surface area contributed by atoms with Gasteiger partial charge in [-0.15, -0.1) is 0 Å². The Hall–Kier alpha value is -4.19. The number of hydrogen-bond acceptors (Lipinski definition) is 6. The van der Waals surface area contributed by atoms with Crippen molar-refractivity contribution in [1.29, 1.82) is 0 Å². The van der Waals surface area contributed by atoms with Crippen molar-refractivity contribution < 1.29 is 28.8 Å². The Balaban J connectivity index is 1.14. The summed E-state index contributed by atoms with van der Waals surface area (Å²) in [7, 11) is 0. The van der Waals surface area contributed by atoms with Crippen LogP contribution in [0.4, 0.5) is 0 Å². The van der Waals surface area contributed by atoms with E-state index in [2.05, 4.69) is 5.32 Å². The van der Waals surface area contributed by atoms with Crippen LogP contribution in [0.3, 0.4) is 0 Å². The molecule has 6 aliphatic rings. The van der Waals surface area contributed by atoms with Crippen LogP contribution in [0.2, 0.25) is 5.02 Å². The monoisotopic (exact) mass is 704 g/mol. The Morgan fingerprint density at radius 3 is 2.52 bits per heavy atom. The van der Waals surface area contributed by atoms with E-state index in [0.717, 1.165) is 6.42 Å². The first kappa shape index (κ1) is 34.3. The highest BCUT2D eigenvalue weighted by molar-refractivity contribution is 6.31. The molecule has 6 aliphatic heterocycles. The molecule has 7 rings (SSSR count). The highest BCUT2D eigenvalue weighted by atomic mass is 35.5. The van der Waals surface area contributed by atoms with Crippen molar-refractivity contribution in [2.45, 2.75) is 107 Å². The molecule has 4 saturated heterocycles. The molecular formula is C37H45ClN6O6. The summed E-state index contributed by atoms with van der Waals surface area (Å²) in [6.07, 6.45) is 11.8. The molecule has 50 heavy (non-hydrogen) atoms. The summed E-state index contributed by atoms with van der Waals surface area (Å²) >= 11 is 6.42. The van der Waals surface area contributed by atoms with Crippen LogP contribution in [0.5, 0.6) is 0 Å². The Morgan fingerprint density at radius 1 is 1.02 bits per heavy atom. The van der Waals surface area contributed by atoms with Crippen molar-refractivity contribution in [3.8, 4) is 0 Å². The van der Waals surface area contributed by atoms with Gasteiger partial charge in [-0.1, -0.05) is 67.4 Å². The van der Waals surface area contributed by atoms with Crippen LogP contribution in [0.1, 0.15) is 64.4 Å². The predicted octanol–water partition coefficient (Wildman–Crippen LogP) is 1.95. The predicted molar refractivity (Wildman–Crippen MR) is 184 cm³/mol. The minimum absolute atomic E-state index is 0.104. The van der Waals surface area contributed by atoms with E-state index in [0.29, 0.717) is 62.2 Å². The summed E-state index contributed by atoms with van der Waals surface area (Å²) in [6, 6.07) is 3.32. The molecule has 6 heterocycles. The molecule has 9 atom stereocenters. The van der Waals surface area contributed by atoms with Gasteiger partial charge in [-0.2, -0.15) is 0 Å². The van der Waals surface area contributed by atoms with E-state index in [9.17, 15) is 28.8 Å². The third-order valence-corrected chi connectivity index (χ3v) is 12.3. The number of rotatable bonds is 7. The minimum atomic E-state index is -1.30. The normalized spacial score (nSPS) is 33.4. The van der Waals surface area contributed by atoms with Gasteiger partial charge >= 0.3 is 0 Å². The molecule has 12 nitrogen and oxygen atoms in total. The van der Waals surface area contributed by atoms with E-state index in [4.69, 9.17) is 17.3 Å². The number of carbonyl (C=O) groups excluding carboxylic acids is 6. The zero-order valence-corrected chi connectivity index (χ0v) is 29.3. The second-order valence-corrected chi connectivity index (χ2v) is 15.1. The molecule has 4 fully saturated rings. The lowest BCUT2D eigenvalue weighted by Gasteiger charge is -2.45. The van der Waals surface area contributed by atoms with Crippen LogP contribution < -0.4 is 11.1 Å². The zero-order chi connectivity index (χ0) is 35.5. The van der Waals surface area contributed by atoms with Crippen LogP contribution in [-0.2, 0) is 35.2 Å². The number of nitrogens with zero attached hydrogens (tertiary/aromatic N) is 4. The van der Waals surface area contributed by atoms with Gasteiger partial charge in [-0.25, -0.2) is 0 Å². The molecule has 1 aromatic rings. The number of likely N-dealkylation sites (tertiary alicyclic amines) is 2. The first-order valence-electron chi connectivity index (χ1n) is 17.9. The van der Waals surface area contributed by atoms with Crippen molar-refractivity contribution in [3.63, 3.8) is 0 Å². The molecule has 266 valence electrons. The number of amides is 6. The molecule has 3 N–H and O–H groups in total. The van der Waals surface area contributed by atoms with E-state index in [1.54, 1.807) is 37.8 Å². The lowest BCUT2D eigenvalue weighted by molar-refractivity contribution is -0.157. The Kier molecular flexibility index (Phi) is 9.03. The number of primary amides is 1. The van der Waals surface area contributed by atoms with Gasteiger partial charge in [0, 0.05) is 37.4 Å². The minimum Gasteiger partial charge on any atom is -0.368 e. The fourth-order valence-electron chi connectivity index (χ4n) is 9.56. The van der Waals surface area contributed by atoms with Gasteiger partial charge in [0.1, 0.15) is 29.7 Å². The SMILES string of the molecule is CC[C@@H]1C[C@@H](C(N)=O)N2C(=O)[C@@H]3[C@@H](C=C[C@@H]12)CCN3C(=O)[C@@H]1CC[C@H]2C=C[C@]3(CCCN3C(=O)[C@H](Cc3ccccc3Cl)NC(C)=O)C(=O)N21. The summed E-state index contributed by atoms with van der Waals surface area (Å²) in [4.78, 5) is 89.0. The lowest BCUT2D eigenvalue weighted by Crippen LogP contribution is -2.65. The molecule has 6 amide bonds. The van der Waals surface area contributed by atoms with Gasteiger partial charge in [0.05, 0.1) is 12.1 Å². The lowest BCUT2D eigenvalue weighted by atomic mass is 9.88. The molecule has 0 bridgehead atoms. The highest BCUT2D eigenvalue weighted by Crippen LogP contribution is 2.44. The molecule has 1 aromatic carbocycles. The average molecular weight is 705 g/mol. The first-order valence-corrected chi connectivity index (χ1v) is 18.3. The molecule has 0 aromatic heterocycles. The van der Waals surface area contributed by atoms with Crippen LogP contribution in [0.15, 0.2) is 48.6 Å². The van der Waals surface area contributed by atoms with Gasteiger partial charge in [0.15, 0.2) is 0 Å². The van der Waals surface area contributed by atoms with E-state index in [1.165, 1.54) is 6.92 Å². The van der Waals surface area contributed by atoms with Gasteiger partial charge in [-0.05, 0) is 56.1 Å². The fraction of sp³-hybridized carbons (Fsp3) is 0.568. The molecule has 0 unspecified atom stereocenters. The second kappa shape index (κ2) is 13.2. The molecule has 0 saturated carbocycles. The van der Waals surface area contributed by atoms with Crippen molar-refractivity contribution in [3.05, 3.63) is 59.2 Å². The number of benzene rings is 1. The zero-order valence-electron chi connectivity index (χ0n) is 28.5. The van der Waals surface area contributed by atoms with Crippen molar-refractivity contribution >= 4 is 47.0 Å². The summed E-state index contributed by atoms with van der Waals surface area (Å²) in [5.74, 6) is -2.26. The molecular weight excluding hydrogens is 660 g/mol. The molecule has 0 radical (unpaired) electrons. The Labute approximate surface area is 297 Å². The standard InChI is InChI=1S/C37H45ClN6O6/c1-3-22-20-30(32(39)46)44-28(22)11-9-23-14-18-41(31(23)35(44)49)34(48)29-12-10-25-13-16-37(36(50)43(25)29)15-6-17-42(37)33(47)27(40-21(2)45)19-24-7-4-5-8-26(24)38/h4-5,7-9,11,13,16,22-23,25,27-31H,3,6,10,12,14-15,17-20H2,1-2H3,(H2,39,46)(H,40,45)/t22-,23+,25+,27+,28+,29+,30+,31+,37-/m1/s1. The number of carbonyl (C=O) groups is 6. The maximum Gasteiger partial charge on any atom is 0.253 e. The summed E-state index contributed by atoms with van der Waals surface area (Å²) in [5, 5.41) is 3.25. The van der Waals surface area contributed by atoms with Crippen molar-refractivity contribution in [2.75, 3.05) is 13.1 Å². The first-order chi connectivity index (χ1) is 24.0. The Bertz CT molecular complexity index is 1680. The topological polar surface area (TPSA) is 153 Å². The van der Waals surface area contributed by atoms with Crippen LogP contribution >= 0.6 is 11.6 Å². The van der Waals surface area contributed by atoms with Crippen molar-refractivity contribution in [1.82, 2.24) is 24.9 Å². The third-order valence-electron chi connectivity index (χ3n) is 12.0. The molecule has 13 heteroatoms. The largest absolute Gasteiger partial charge is 0.368 e. The summed E-state index contributed by atoms with van der Waals surface area (Å²) < 4.78 is 0. The number of hydrogen-bond donors (Lipinski definition) is 2. The maximum atomic E-state index is 14.7. The Morgan fingerprint density at radius 2 is 1.80 bits per heavy atom. The molecule has 1 spiro atoms. The van der Waals surface area contributed by atoms with Gasteiger partial charge in [0.2, 0.25) is 29.5 Å². The summed E-state index contributed by atoms with van der Waals surface area (Å²) in [5.41, 5.74) is 5.19. The second-order valence-electron chi connectivity index (χ2n) is 14.7. The number of fused-ring (bicyclic) bond motifs is 3. The number of nitrogens with two attached hydrogens (primary N) is 1. The molecule has 0 aliphatic carbocycles. The quantitative estimate of drug-likeness (QED) is 0.414. The fourth-order valence-corrected chi connectivity index (χ4v) is 9.77. The maximum absolute atomic E-state index is 14.7.